The maximum absolute atomic E-state index is 9.63. The fraction of sp³-hybridized carbons (Fsp3) is 0.340. The number of hydrogen-bond acceptors (Lipinski definition) is 6. The molecule has 0 aliphatic heterocycles. The van der Waals surface area contributed by atoms with Crippen molar-refractivity contribution >= 4 is 43.5 Å². The third-order valence-corrected chi connectivity index (χ3v) is 12.0. The smallest absolute Gasteiger partial charge is 0.121 e. The van der Waals surface area contributed by atoms with Gasteiger partial charge in [-0.25, -0.2) is 4.98 Å². The summed E-state index contributed by atoms with van der Waals surface area (Å²) in [5, 5.41) is 6.65. The van der Waals surface area contributed by atoms with Gasteiger partial charge < -0.3 is 19.4 Å². The number of hydrogen-bond donors (Lipinski definition) is 0. The molecule has 4 heterocycles. The van der Waals surface area contributed by atoms with Gasteiger partial charge in [-0.2, -0.15) is 0 Å². The summed E-state index contributed by atoms with van der Waals surface area (Å²) in [4.78, 5) is 20.7. The minimum atomic E-state index is -2.34. The van der Waals surface area contributed by atoms with Crippen LogP contribution in [-0.2, 0) is 25.5 Å². The summed E-state index contributed by atoms with van der Waals surface area (Å²) in [5.41, 5.74) is 5.85. The van der Waals surface area contributed by atoms with Gasteiger partial charge in [-0.3, -0.25) is 4.98 Å². The van der Waals surface area contributed by atoms with Gasteiger partial charge >= 0.3 is 0 Å². The summed E-state index contributed by atoms with van der Waals surface area (Å²) in [6.07, 6.45) is 16.7. The van der Waals surface area contributed by atoms with Crippen molar-refractivity contribution in [1.29, 1.82) is 0 Å². The van der Waals surface area contributed by atoms with E-state index in [0.29, 0.717) is 51.9 Å². The number of nitrogens with zero attached hydrogens (tertiary/aromatic N) is 5. The normalized spacial score (nSPS) is 18.6. The van der Waals surface area contributed by atoms with Crippen LogP contribution in [0.5, 0.6) is 0 Å². The van der Waals surface area contributed by atoms with Gasteiger partial charge in [0.05, 0.1) is 5.58 Å². The van der Waals surface area contributed by atoms with Crippen molar-refractivity contribution in [2.75, 3.05) is 0 Å². The zero-order chi connectivity index (χ0) is 44.4. The molecule has 1 spiro atoms. The predicted octanol–water partition coefficient (Wildman–Crippen LogP) is 13.0. The van der Waals surface area contributed by atoms with E-state index in [4.69, 9.17) is 12.6 Å². The van der Waals surface area contributed by atoms with Crippen LogP contribution in [-0.4, -0.2) is 24.9 Å². The van der Waals surface area contributed by atoms with Crippen molar-refractivity contribution in [2.45, 2.75) is 104 Å². The Kier molecular flexibility index (Phi) is 8.66. The van der Waals surface area contributed by atoms with Crippen molar-refractivity contribution in [3.05, 3.63) is 126 Å². The molecule has 10 rings (SSSR count). The number of furan rings is 1. The van der Waals surface area contributed by atoms with Gasteiger partial charge in [-0.05, 0) is 126 Å². The van der Waals surface area contributed by atoms with Crippen LogP contribution in [0.1, 0.15) is 117 Å². The quantitative estimate of drug-likeness (QED) is 0.130. The van der Waals surface area contributed by atoms with Crippen molar-refractivity contribution in [3.8, 4) is 22.5 Å². The third-order valence-electron chi connectivity index (χ3n) is 12.0. The topological polar surface area (TPSA) is 77.6 Å². The number of rotatable bonds is 3. The van der Waals surface area contributed by atoms with Gasteiger partial charge in [0.15, 0.2) is 0 Å². The first-order chi connectivity index (χ1) is 29.9. The molecule has 2 aliphatic carbocycles. The number of pyridine rings is 1. The molecule has 0 bridgehead atoms. The van der Waals surface area contributed by atoms with Crippen molar-refractivity contribution in [1.82, 2.24) is 24.9 Å². The van der Waals surface area contributed by atoms with E-state index in [1.165, 1.54) is 61.6 Å². The van der Waals surface area contributed by atoms with Crippen molar-refractivity contribution in [2.24, 2.45) is 5.41 Å². The standard InChI is InChI=1S/C37H34NO.C13H15N4.Ir/c1-24-23-38-34(21-31(24)26-14-18-37(19-15-26)16-5-2-6-17-37)30-11-7-10-29-33-20-27-13-12-25-8-3-4-9-28(25)32(27)22-35(33)39-36(29)30;1-9-14-6-10(7-15-9)11-5-12(13(2,3)4)17-8-16-11;/h3-4,7-10,12-13,20-23,26H,2,5-6,14-19H2,1H3;5-6,8H,1-4H3;/q2*-1;/i1D3,26D;1D3;. The van der Waals surface area contributed by atoms with Crippen LogP contribution in [0.15, 0.2) is 95.9 Å². The number of aryl methyl sites for hydroxylation is 2. The molecule has 1 radical (unpaired) electrons. The van der Waals surface area contributed by atoms with Crippen LogP contribution >= 0.6 is 0 Å². The second-order valence-corrected chi connectivity index (χ2v) is 16.6. The fourth-order valence-electron chi connectivity index (χ4n) is 8.80. The predicted molar refractivity (Wildman–Crippen MR) is 228 cm³/mol. The molecule has 0 amide bonds. The molecule has 2 saturated carbocycles. The van der Waals surface area contributed by atoms with Gasteiger partial charge in [0.2, 0.25) is 0 Å². The van der Waals surface area contributed by atoms with Crippen LogP contribution in [0.3, 0.4) is 0 Å². The number of aromatic nitrogens is 5. The minimum Gasteiger partial charge on any atom is -0.501 e. The van der Waals surface area contributed by atoms with Gasteiger partial charge in [0.1, 0.15) is 11.9 Å². The Morgan fingerprint density at radius 3 is 2.37 bits per heavy atom. The van der Waals surface area contributed by atoms with Gasteiger partial charge in [0.25, 0.3) is 0 Å². The summed E-state index contributed by atoms with van der Waals surface area (Å²) in [6, 6.07) is 27.9. The molecule has 6 nitrogen and oxygen atoms in total. The molecule has 57 heavy (non-hydrogen) atoms. The Bertz CT molecular complexity index is 2980. The number of fused-ring (bicyclic) bond motifs is 6. The van der Waals surface area contributed by atoms with E-state index in [9.17, 15) is 1.37 Å². The number of benzene rings is 4. The monoisotopic (exact) mass is 935 g/mol. The Hall–Kier alpha value is -4.84. The van der Waals surface area contributed by atoms with Crippen molar-refractivity contribution in [3.63, 3.8) is 0 Å². The van der Waals surface area contributed by atoms with Crippen LogP contribution in [0, 0.1) is 31.4 Å². The molecule has 2 fully saturated rings. The molecule has 0 atom stereocenters. The summed E-state index contributed by atoms with van der Waals surface area (Å²) in [5.74, 6) is -1.17. The first-order valence-electron chi connectivity index (χ1n) is 23.2. The molecule has 0 N–H and O–H groups in total. The molecule has 4 aromatic heterocycles. The van der Waals surface area contributed by atoms with Crippen LogP contribution in [0.2, 0.25) is 0 Å². The van der Waals surface area contributed by atoms with E-state index in [0.717, 1.165) is 45.7 Å². The zero-order valence-electron chi connectivity index (χ0n) is 39.5. The van der Waals surface area contributed by atoms with Crippen LogP contribution < -0.4 is 0 Å². The van der Waals surface area contributed by atoms with Crippen molar-refractivity contribution < 1.29 is 34.1 Å². The molecular formula is C50H49IrN5O-2. The van der Waals surface area contributed by atoms with E-state index in [-0.39, 0.29) is 36.9 Å². The summed E-state index contributed by atoms with van der Waals surface area (Å²) < 4.78 is 62.8. The largest absolute Gasteiger partial charge is 0.501 e. The first kappa shape index (κ1) is 31.2. The Morgan fingerprint density at radius 2 is 1.60 bits per heavy atom. The van der Waals surface area contributed by atoms with Gasteiger partial charge in [-0.15, -0.1) is 18.2 Å². The first-order valence-corrected chi connectivity index (χ1v) is 19.7. The molecule has 291 valence electrons. The molecule has 0 saturated heterocycles. The average Bonchev–Trinajstić information content (AvgIpc) is 3.64. The molecule has 0 unspecified atom stereocenters. The Morgan fingerprint density at radius 1 is 0.772 bits per heavy atom. The minimum absolute atomic E-state index is 0. The van der Waals surface area contributed by atoms with Gasteiger partial charge in [0, 0.05) is 58.2 Å². The zero-order valence-corrected chi connectivity index (χ0v) is 34.9. The van der Waals surface area contributed by atoms with Gasteiger partial charge in [-0.1, -0.05) is 111 Å². The van der Waals surface area contributed by atoms with E-state index >= 15 is 0 Å². The SMILES string of the molecule is [2H]C([2H])([2H])c1cnc(-c2[c-]ccc3c2oc2cc4c(ccc5ccccc54)cc23)cc1C1([2H])CCC2(CCCCC2)CC1.[2H]C([2H])([2H])c1n[c-]c(-c2cc(C(C)(C)C)ncn2)cn1.[Ir]. The Labute approximate surface area is 359 Å². The van der Waals surface area contributed by atoms with E-state index < -0.39 is 19.6 Å². The maximum Gasteiger partial charge on any atom is 0.121 e. The summed E-state index contributed by atoms with van der Waals surface area (Å²) >= 11 is 0. The van der Waals surface area contributed by atoms with E-state index in [1.54, 1.807) is 0 Å². The molecule has 2 aliphatic rings. The van der Waals surface area contributed by atoms with Crippen LogP contribution in [0.25, 0.3) is 66.0 Å². The summed E-state index contributed by atoms with van der Waals surface area (Å²) in [6.45, 7) is 1.50. The molecular weight excluding hydrogens is 879 g/mol. The maximum atomic E-state index is 9.63. The van der Waals surface area contributed by atoms with E-state index in [1.807, 2.05) is 24.3 Å². The fourth-order valence-corrected chi connectivity index (χ4v) is 8.80. The second-order valence-electron chi connectivity index (χ2n) is 16.6. The van der Waals surface area contributed by atoms with E-state index in [2.05, 4.69) is 106 Å². The summed E-state index contributed by atoms with van der Waals surface area (Å²) in [7, 11) is 0. The molecule has 4 aromatic carbocycles. The Balaban J connectivity index is 0.000000225. The molecule has 8 aromatic rings. The van der Waals surface area contributed by atoms with Crippen LogP contribution in [0.4, 0.5) is 0 Å². The second kappa shape index (κ2) is 15.8. The molecule has 7 heteroatoms. The average molecular weight is 935 g/mol. The third kappa shape index (κ3) is 7.77.